The third-order valence-electron chi connectivity index (χ3n) is 5.49. The first-order chi connectivity index (χ1) is 16.3. The highest BCUT2D eigenvalue weighted by molar-refractivity contribution is 7.92. The van der Waals surface area contributed by atoms with Gasteiger partial charge in [0.1, 0.15) is 6.04 Å². The van der Waals surface area contributed by atoms with E-state index < -0.39 is 16.1 Å². The van der Waals surface area contributed by atoms with E-state index in [2.05, 4.69) is 5.32 Å². The van der Waals surface area contributed by atoms with Crippen molar-refractivity contribution in [3.05, 3.63) is 91.9 Å². The van der Waals surface area contributed by atoms with Crippen LogP contribution in [0.2, 0.25) is 10.0 Å². The van der Waals surface area contributed by atoms with E-state index in [4.69, 9.17) is 23.2 Å². The number of rotatable bonds is 7. The second-order valence-corrected chi connectivity index (χ2v) is 11.4. The number of nitrogens with zero attached hydrogens (tertiary/aromatic N) is 2. The minimum atomic E-state index is -3.73. The summed E-state index contributed by atoms with van der Waals surface area (Å²) in [6.07, 6.45) is 1.56. The van der Waals surface area contributed by atoms with Gasteiger partial charge >= 0.3 is 0 Å². The Bertz CT molecular complexity index is 1270. The summed E-state index contributed by atoms with van der Waals surface area (Å²) in [6.45, 7) is 0.949. The van der Waals surface area contributed by atoms with Gasteiger partial charge in [0.25, 0.3) is 0 Å². The average molecular weight is 537 g/mol. The van der Waals surface area contributed by atoms with Crippen molar-refractivity contribution in [2.24, 2.45) is 0 Å². The quantitative estimate of drug-likeness (QED) is 0.468. The number of carbonyl (C=O) groups is 1. The Labute approximate surface area is 213 Å². The molecule has 1 atom stereocenters. The van der Waals surface area contributed by atoms with Gasteiger partial charge in [-0.25, -0.2) is 8.42 Å². The Morgan fingerprint density at radius 3 is 2.56 bits per heavy atom. The molecule has 1 fully saturated rings. The van der Waals surface area contributed by atoms with Crippen molar-refractivity contribution in [1.82, 2.24) is 9.62 Å². The van der Waals surface area contributed by atoms with Crippen LogP contribution >= 0.6 is 34.5 Å². The van der Waals surface area contributed by atoms with Crippen LogP contribution in [-0.2, 0) is 21.4 Å². The Kier molecular flexibility index (Phi) is 7.95. The van der Waals surface area contributed by atoms with Crippen LogP contribution in [0.5, 0.6) is 0 Å². The van der Waals surface area contributed by atoms with Crippen LogP contribution in [0, 0.1) is 0 Å². The van der Waals surface area contributed by atoms with E-state index in [1.165, 1.54) is 9.71 Å². The van der Waals surface area contributed by atoms with Gasteiger partial charge in [-0.1, -0.05) is 59.6 Å². The second kappa shape index (κ2) is 10.9. The third-order valence-corrected chi connectivity index (χ3v) is 8.64. The van der Waals surface area contributed by atoms with Gasteiger partial charge in [0.15, 0.2) is 0 Å². The molecule has 1 aliphatic rings. The Balaban J connectivity index is 1.56. The number of piperazine rings is 1. The number of nitrogens with one attached hydrogen (secondary N) is 1. The molecule has 1 aliphatic heterocycles. The number of amides is 1. The highest BCUT2D eigenvalue weighted by Crippen LogP contribution is 2.30. The summed E-state index contributed by atoms with van der Waals surface area (Å²) in [5.41, 5.74) is 1.49. The van der Waals surface area contributed by atoms with Gasteiger partial charge in [0.2, 0.25) is 15.9 Å². The van der Waals surface area contributed by atoms with E-state index in [1.54, 1.807) is 35.6 Å². The summed E-state index contributed by atoms with van der Waals surface area (Å²) >= 11 is 13.8. The first kappa shape index (κ1) is 24.8. The summed E-state index contributed by atoms with van der Waals surface area (Å²) in [6, 6.07) is 17.5. The smallest absolute Gasteiger partial charge is 0.244 e. The summed E-state index contributed by atoms with van der Waals surface area (Å²) in [5.74, 6) is -0.258. The number of sulfonamides is 1. The molecule has 2 heterocycles. The molecule has 3 aromatic rings. The molecule has 34 heavy (non-hydrogen) atoms. The molecule has 0 bridgehead atoms. The lowest BCUT2D eigenvalue weighted by atomic mass is 10.1. The molecule has 10 heteroatoms. The van der Waals surface area contributed by atoms with E-state index in [1.807, 2.05) is 52.7 Å². The molecule has 0 spiro atoms. The largest absolute Gasteiger partial charge is 0.357 e. The fourth-order valence-electron chi connectivity index (χ4n) is 3.71. The SMILES string of the molecule is O=C(NCc1cccs1)[C@@H]1CN(S(=O)(=O)/C=C/c2ccccc2)CCN1c1ccc(Cl)c(Cl)c1. The topological polar surface area (TPSA) is 69.7 Å². The molecular weight excluding hydrogens is 513 g/mol. The molecule has 1 amide bonds. The maximum absolute atomic E-state index is 13.2. The zero-order valence-corrected chi connectivity index (χ0v) is 21.2. The number of halogens is 2. The van der Waals surface area contributed by atoms with Gasteiger partial charge in [-0.15, -0.1) is 11.3 Å². The van der Waals surface area contributed by atoms with E-state index in [0.717, 1.165) is 10.4 Å². The molecule has 0 saturated carbocycles. The first-order valence-corrected chi connectivity index (χ1v) is 13.7. The Morgan fingerprint density at radius 1 is 1.06 bits per heavy atom. The van der Waals surface area contributed by atoms with Crippen molar-refractivity contribution >= 4 is 62.2 Å². The first-order valence-electron chi connectivity index (χ1n) is 10.6. The molecule has 6 nitrogen and oxygen atoms in total. The van der Waals surface area contributed by atoms with Gasteiger partial charge in [0.05, 0.1) is 16.6 Å². The number of thiophene rings is 1. The summed E-state index contributed by atoms with van der Waals surface area (Å²) < 4.78 is 27.5. The normalized spacial score (nSPS) is 17.2. The highest BCUT2D eigenvalue weighted by Gasteiger charge is 2.36. The molecule has 4 rings (SSSR count). The van der Waals surface area contributed by atoms with Crippen molar-refractivity contribution in [2.75, 3.05) is 24.5 Å². The van der Waals surface area contributed by atoms with E-state index in [0.29, 0.717) is 28.8 Å². The zero-order valence-electron chi connectivity index (χ0n) is 18.1. The van der Waals surface area contributed by atoms with Crippen molar-refractivity contribution in [1.29, 1.82) is 0 Å². The minimum Gasteiger partial charge on any atom is -0.357 e. The maximum Gasteiger partial charge on any atom is 0.244 e. The Hall–Kier alpha value is -2.36. The van der Waals surface area contributed by atoms with Crippen molar-refractivity contribution < 1.29 is 13.2 Å². The molecule has 1 saturated heterocycles. The van der Waals surface area contributed by atoms with Gasteiger partial charge in [-0.3, -0.25) is 4.79 Å². The lowest BCUT2D eigenvalue weighted by Crippen LogP contribution is -2.60. The molecule has 0 aliphatic carbocycles. The minimum absolute atomic E-state index is 0.0119. The van der Waals surface area contributed by atoms with Gasteiger partial charge in [-0.05, 0) is 41.3 Å². The van der Waals surface area contributed by atoms with E-state index in [-0.39, 0.29) is 19.0 Å². The van der Waals surface area contributed by atoms with Crippen LogP contribution in [0.15, 0.2) is 71.5 Å². The van der Waals surface area contributed by atoms with Crippen LogP contribution in [-0.4, -0.2) is 44.3 Å². The van der Waals surface area contributed by atoms with Gasteiger partial charge < -0.3 is 10.2 Å². The number of hydrogen-bond donors (Lipinski definition) is 1. The van der Waals surface area contributed by atoms with Crippen LogP contribution in [0.3, 0.4) is 0 Å². The monoisotopic (exact) mass is 535 g/mol. The third kappa shape index (κ3) is 6.00. The average Bonchev–Trinajstić information content (AvgIpc) is 3.37. The predicted molar refractivity (Wildman–Crippen MR) is 140 cm³/mol. The Morgan fingerprint density at radius 2 is 1.85 bits per heavy atom. The number of anilines is 1. The number of carbonyl (C=O) groups excluding carboxylic acids is 1. The van der Waals surface area contributed by atoms with Crippen LogP contribution in [0.4, 0.5) is 5.69 Å². The fourth-order valence-corrected chi connectivity index (χ4v) is 5.83. The standard InChI is InChI=1S/C24H23Cl2N3O3S2/c25-21-9-8-19(15-22(21)26)29-12-11-28(34(31,32)14-10-18-5-2-1-3-6-18)17-23(29)24(30)27-16-20-7-4-13-33-20/h1-10,13-15,23H,11-12,16-17H2,(H,27,30)/b14-10+/t23-/m0/s1. The predicted octanol–water partition coefficient (Wildman–Crippen LogP) is 4.86. The van der Waals surface area contributed by atoms with Gasteiger partial charge in [0, 0.05) is 35.6 Å². The lowest BCUT2D eigenvalue weighted by molar-refractivity contribution is -0.123. The van der Waals surface area contributed by atoms with Crippen molar-refractivity contribution in [3.8, 4) is 0 Å². The van der Waals surface area contributed by atoms with Crippen molar-refractivity contribution in [3.63, 3.8) is 0 Å². The molecule has 2 aromatic carbocycles. The zero-order chi connectivity index (χ0) is 24.1. The molecule has 178 valence electrons. The van der Waals surface area contributed by atoms with Gasteiger partial charge in [-0.2, -0.15) is 4.31 Å². The maximum atomic E-state index is 13.2. The molecule has 1 N–H and O–H groups in total. The number of benzene rings is 2. The van der Waals surface area contributed by atoms with Crippen molar-refractivity contribution in [2.45, 2.75) is 12.6 Å². The van der Waals surface area contributed by atoms with Crippen LogP contribution in [0.25, 0.3) is 6.08 Å². The highest BCUT2D eigenvalue weighted by atomic mass is 35.5. The molecule has 1 aromatic heterocycles. The summed E-state index contributed by atoms with van der Waals surface area (Å²) in [7, 11) is -3.73. The fraction of sp³-hybridized carbons (Fsp3) is 0.208. The summed E-state index contributed by atoms with van der Waals surface area (Å²) in [4.78, 5) is 16.1. The van der Waals surface area contributed by atoms with E-state index >= 15 is 0 Å². The molecule has 0 unspecified atom stereocenters. The summed E-state index contributed by atoms with van der Waals surface area (Å²) in [5, 5.41) is 6.86. The van der Waals surface area contributed by atoms with Crippen LogP contribution < -0.4 is 10.2 Å². The number of hydrogen-bond acceptors (Lipinski definition) is 5. The molecular formula is C24H23Cl2N3O3S2. The second-order valence-electron chi connectivity index (χ2n) is 7.72. The van der Waals surface area contributed by atoms with E-state index in [9.17, 15) is 13.2 Å². The lowest BCUT2D eigenvalue weighted by Gasteiger charge is -2.41. The molecule has 0 radical (unpaired) electrons. The van der Waals surface area contributed by atoms with Crippen LogP contribution in [0.1, 0.15) is 10.4 Å².